The number of rotatable bonds is 6. The van der Waals surface area contributed by atoms with Crippen LogP contribution < -0.4 is 10.5 Å². The number of sulfonamides is 1. The fourth-order valence-electron chi connectivity index (χ4n) is 2.43. The van der Waals surface area contributed by atoms with Crippen molar-refractivity contribution in [3.63, 3.8) is 0 Å². The average molecular weight is 379 g/mol. The summed E-state index contributed by atoms with van der Waals surface area (Å²) in [5, 5.41) is 8.03. The molecule has 1 atom stereocenters. The summed E-state index contributed by atoms with van der Waals surface area (Å²) in [7, 11) is -3.76. The first-order valence-electron chi connectivity index (χ1n) is 7.79. The normalized spacial score (nSPS) is 12.6. The zero-order valence-electron chi connectivity index (χ0n) is 14.4. The van der Waals surface area contributed by atoms with Gasteiger partial charge in [0.15, 0.2) is 0 Å². The van der Waals surface area contributed by atoms with Gasteiger partial charge in [0.2, 0.25) is 15.9 Å². The number of nitrogens with one attached hydrogen (secondary N) is 1. The van der Waals surface area contributed by atoms with Crippen LogP contribution in [0.1, 0.15) is 29.7 Å². The highest BCUT2D eigenvalue weighted by Gasteiger charge is 2.14. The molecule has 25 heavy (non-hydrogen) atoms. The Labute approximate surface area is 153 Å². The van der Waals surface area contributed by atoms with Crippen LogP contribution in [-0.2, 0) is 14.8 Å². The van der Waals surface area contributed by atoms with Gasteiger partial charge in [-0.05, 0) is 50.1 Å². The molecule has 2 aromatic rings. The Kier molecular flexibility index (Phi) is 6.26. The lowest BCUT2D eigenvalue weighted by molar-refractivity contribution is -0.119. The Morgan fingerprint density at radius 2 is 1.92 bits per heavy atom. The van der Waals surface area contributed by atoms with E-state index in [4.69, 9.17) is 5.14 Å². The van der Waals surface area contributed by atoms with Crippen molar-refractivity contribution in [2.75, 3.05) is 5.75 Å². The first kappa shape index (κ1) is 19.5. The van der Waals surface area contributed by atoms with Crippen LogP contribution in [0, 0.1) is 13.8 Å². The molecule has 1 unspecified atom stereocenters. The van der Waals surface area contributed by atoms with Gasteiger partial charge in [0.05, 0.1) is 16.7 Å². The smallest absolute Gasteiger partial charge is 0.238 e. The van der Waals surface area contributed by atoms with Gasteiger partial charge in [-0.3, -0.25) is 4.79 Å². The summed E-state index contributed by atoms with van der Waals surface area (Å²) in [5.41, 5.74) is 3.03. The average Bonchev–Trinajstić information content (AvgIpc) is 2.53. The second-order valence-electron chi connectivity index (χ2n) is 5.96. The molecular formula is C18H22N2O3S2. The molecule has 0 aromatic heterocycles. The maximum absolute atomic E-state index is 12.2. The topological polar surface area (TPSA) is 89.3 Å². The van der Waals surface area contributed by atoms with E-state index >= 15 is 0 Å². The summed E-state index contributed by atoms with van der Waals surface area (Å²) in [6.45, 7) is 5.86. The van der Waals surface area contributed by atoms with Crippen molar-refractivity contribution < 1.29 is 13.2 Å². The van der Waals surface area contributed by atoms with Gasteiger partial charge >= 0.3 is 0 Å². The van der Waals surface area contributed by atoms with E-state index in [2.05, 4.69) is 11.4 Å². The fourth-order valence-corrected chi connectivity index (χ4v) is 3.82. The maximum Gasteiger partial charge on any atom is 0.238 e. The van der Waals surface area contributed by atoms with E-state index in [0.717, 1.165) is 10.5 Å². The van der Waals surface area contributed by atoms with Crippen LogP contribution in [0.5, 0.6) is 0 Å². The molecular weight excluding hydrogens is 356 g/mol. The van der Waals surface area contributed by atoms with Gasteiger partial charge in [-0.25, -0.2) is 13.6 Å². The van der Waals surface area contributed by atoms with Crippen molar-refractivity contribution in [3.05, 3.63) is 59.2 Å². The molecule has 0 spiro atoms. The molecule has 1 amide bonds. The summed E-state index contributed by atoms with van der Waals surface area (Å²) in [5.74, 6) is 0.182. The second-order valence-corrected chi connectivity index (χ2v) is 8.54. The number of aryl methyl sites for hydroxylation is 2. The number of thioether (sulfide) groups is 1. The first-order chi connectivity index (χ1) is 11.7. The summed E-state index contributed by atoms with van der Waals surface area (Å²) >= 11 is 1.48. The molecule has 0 aliphatic heterocycles. The van der Waals surface area contributed by atoms with Gasteiger partial charge in [-0.15, -0.1) is 11.8 Å². The zero-order valence-corrected chi connectivity index (χ0v) is 16.1. The second kappa shape index (κ2) is 8.03. The van der Waals surface area contributed by atoms with E-state index in [9.17, 15) is 13.2 Å². The summed E-state index contributed by atoms with van der Waals surface area (Å²) in [6.07, 6.45) is 0. The number of primary sulfonamides is 1. The number of amides is 1. The molecule has 0 fully saturated rings. The SMILES string of the molecule is Cc1ccc(SCC(=O)NC(C)c2cccc(S(N)(=O)=O)c2)c(C)c1. The zero-order chi connectivity index (χ0) is 18.6. The minimum Gasteiger partial charge on any atom is -0.349 e. The Balaban J connectivity index is 1.98. The van der Waals surface area contributed by atoms with Crippen molar-refractivity contribution in [2.45, 2.75) is 36.6 Å². The molecule has 0 aliphatic carbocycles. The van der Waals surface area contributed by atoms with Crippen molar-refractivity contribution >= 4 is 27.7 Å². The molecule has 0 saturated heterocycles. The third kappa shape index (κ3) is 5.59. The van der Waals surface area contributed by atoms with Gasteiger partial charge in [-0.2, -0.15) is 0 Å². The number of carbonyl (C=O) groups excluding carboxylic acids is 1. The van der Waals surface area contributed by atoms with Crippen LogP contribution in [0.15, 0.2) is 52.3 Å². The highest BCUT2D eigenvalue weighted by Crippen LogP contribution is 2.23. The van der Waals surface area contributed by atoms with E-state index in [-0.39, 0.29) is 16.8 Å². The molecule has 0 saturated carbocycles. The third-order valence-corrected chi connectivity index (χ3v) is 5.84. The van der Waals surface area contributed by atoms with Crippen molar-refractivity contribution in [2.24, 2.45) is 5.14 Å². The van der Waals surface area contributed by atoms with E-state index in [1.807, 2.05) is 32.9 Å². The van der Waals surface area contributed by atoms with Gasteiger partial charge < -0.3 is 5.32 Å². The number of nitrogens with two attached hydrogens (primary N) is 1. The lowest BCUT2D eigenvalue weighted by Crippen LogP contribution is -2.28. The number of benzene rings is 2. The van der Waals surface area contributed by atoms with Crippen LogP contribution in [-0.4, -0.2) is 20.1 Å². The van der Waals surface area contributed by atoms with Crippen molar-refractivity contribution in [3.8, 4) is 0 Å². The van der Waals surface area contributed by atoms with Gasteiger partial charge in [0.1, 0.15) is 0 Å². The van der Waals surface area contributed by atoms with E-state index < -0.39 is 10.0 Å². The van der Waals surface area contributed by atoms with Crippen LogP contribution in [0.25, 0.3) is 0 Å². The van der Waals surface area contributed by atoms with E-state index in [1.54, 1.807) is 12.1 Å². The highest BCUT2D eigenvalue weighted by atomic mass is 32.2. The van der Waals surface area contributed by atoms with Gasteiger partial charge in [-0.1, -0.05) is 29.8 Å². The summed E-state index contributed by atoms with van der Waals surface area (Å²) in [4.78, 5) is 13.3. The van der Waals surface area contributed by atoms with Gasteiger partial charge in [0.25, 0.3) is 0 Å². The van der Waals surface area contributed by atoms with Crippen molar-refractivity contribution in [1.82, 2.24) is 5.32 Å². The predicted octanol–water partition coefficient (Wildman–Crippen LogP) is 2.92. The lowest BCUT2D eigenvalue weighted by atomic mass is 10.1. The van der Waals surface area contributed by atoms with Crippen LogP contribution in [0.3, 0.4) is 0 Å². The Morgan fingerprint density at radius 1 is 1.20 bits per heavy atom. The molecule has 134 valence electrons. The van der Waals surface area contributed by atoms with E-state index in [0.29, 0.717) is 11.3 Å². The molecule has 3 N–H and O–H groups in total. The molecule has 2 aromatic carbocycles. The molecule has 7 heteroatoms. The quantitative estimate of drug-likeness (QED) is 0.757. The Hall–Kier alpha value is -1.83. The van der Waals surface area contributed by atoms with Crippen LogP contribution in [0.4, 0.5) is 0 Å². The van der Waals surface area contributed by atoms with Crippen LogP contribution in [0.2, 0.25) is 0 Å². The minimum atomic E-state index is -3.76. The van der Waals surface area contributed by atoms with E-state index in [1.165, 1.54) is 29.5 Å². The maximum atomic E-state index is 12.2. The van der Waals surface area contributed by atoms with Gasteiger partial charge in [0, 0.05) is 4.90 Å². The number of carbonyl (C=O) groups is 1. The standard InChI is InChI=1S/C18H22N2O3S2/c1-12-7-8-17(13(2)9-12)24-11-18(21)20-14(3)15-5-4-6-16(10-15)25(19,22)23/h4-10,14H,11H2,1-3H3,(H,20,21)(H2,19,22,23). The Bertz CT molecular complexity index is 880. The predicted molar refractivity (Wildman–Crippen MR) is 101 cm³/mol. The number of hydrogen-bond donors (Lipinski definition) is 2. The molecule has 0 bridgehead atoms. The molecule has 2 rings (SSSR count). The third-order valence-electron chi connectivity index (χ3n) is 3.75. The monoisotopic (exact) mass is 378 g/mol. The lowest BCUT2D eigenvalue weighted by Gasteiger charge is -2.15. The highest BCUT2D eigenvalue weighted by molar-refractivity contribution is 8.00. The Morgan fingerprint density at radius 3 is 2.56 bits per heavy atom. The van der Waals surface area contributed by atoms with Crippen molar-refractivity contribution in [1.29, 1.82) is 0 Å². The molecule has 0 radical (unpaired) electrons. The number of hydrogen-bond acceptors (Lipinski definition) is 4. The largest absolute Gasteiger partial charge is 0.349 e. The minimum absolute atomic E-state index is 0.0377. The van der Waals surface area contributed by atoms with Crippen LogP contribution >= 0.6 is 11.8 Å². The fraction of sp³-hybridized carbons (Fsp3) is 0.278. The summed E-state index contributed by atoms with van der Waals surface area (Å²) < 4.78 is 22.9. The molecule has 5 nitrogen and oxygen atoms in total. The molecule has 0 heterocycles. The first-order valence-corrected chi connectivity index (χ1v) is 10.3. The molecule has 0 aliphatic rings. The summed E-state index contributed by atoms with van der Waals surface area (Å²) in [6, 6.07) is 12.1.